The van der Waals surface area contributed by atoms with Crippen LogP contribution in [0.1, 0.15) is 65.2 Å². The van der Waals surface area contributed by atoms with E-state index in [1.54, 1.807) is 0 Å². The molecule has 0 aromatic heterocycles. The first-order valence-corrected chi connectivity index (χ1v) is 10.2. The van der Waals surface area contributed by atoms with Gasteiger partial charge < -0.3 is 4.74 Å². The molecule has 27 heavy (non-hydrogen) atoms. The lowest BCUT2D eigenvalue weighted by atomic mass is 9.79. The maximum Gasteiger partial charge on any atom is 0.320 e. The van der Waals surface area contributed by atoms with Gasteiger partial charge in [-0.2, -0.15) is 0 Å². The van der Waals surface area contributed by atoms with Gasteiger partial charge in [0.1, 0.15) is 0 Å². The van der Waals surface area contributed by atoms with Crippen LogP contribution in [-0.4, -0.2) is 55.1 Å². The van der Waals surface area contributed by atoms with Crippen LogP contribution in [0.25, 0.3) is 0 Å². The van der Waals surface area contributed by atoms with Crippen molar-refractivity contribution in [2.75, 3.05) is 39.3 Å². The molecule has 0 aliphatic carbocycles. The monoisotopic (exact) mass is 374 g/mol. The maximum atomic E-state index is 11.7. The zero-order valence-electron chi connectivity index (χ0n) is 18.4. The number of nitrogens with zero attached hydrogens (tertiary/aromatic N) is 2. The highest BCUT2D eigenvalue weighted by atomic mass is 16.5. The van der Waals surface area contributed by atoms with Gasteiger partial charge in [0.2, 0.25) is 0 Å². The molecule has 1 saturated heterocycles. The molecule has 0 bridgehead atoms. The quantitative estimate of drug-likeness (QED) is 0.730. The van der Waals surface area contributed by atoms with Crippen molar-refractivity contribution in [1.82, 2.24) is 9.80 Å². The molecule has 0 radical (unpaired) electrons. The van der Waals surface area contributed by atoms with Crippen LogP contribution >= 0.6 is 0 Å². The third kappa shape index (κ3) is 6.62. The Morgan fingerprint density at radius 1 is 0.889 bits per heavy atom. The summed E-state index contributed by atoms with van der Waals surface area (Å²) in [6.45, 7) is 21.2. The Labute approximate surface area is 165 Å². The fraction of sp³-hybridized carbons (Fsp3) is 0.696. The minimum absolute atomic E-state index is 0.112. The van der Waals surface area contributed by atoms with Crippen LogP contribution in [0.4, 0.5) is 0 Å². The predicted octanol–water partition coefficient (Wildman–Crippen LogP) is 3.96. The number of carbonyl (C=O) groups excluding carboxylic acids is 1. The lowest BCUT2D eigenvalue weighted by Crippen LogP contribution is -2.47. The van der Waals surface area contributed by atoms with E-state index in [0.717, 1.165) is 32.7 Å². The third-order valence-electron chi connectivity index (χ3n) is 5.25. The molecule has 1 heterocycles. The Balaban J connectivity index is 2.04. The van der Waals surface area contributed by atoms with E-state index >= 15 is 0 Å². The van der Waals surface area contributed by atoms with Gasteiger partial charge in [-0.25, -0.2) is 0 Å². The molecule has 1 aromatic carbocycles. The van der Waals surface area contributed by atoms with Gasteiger partial charge in [0, 0.05) is 32.7 Å². The average Bonchev–Trinajstić information content (AvgIpc) is 2.55. The van der Waals surface area contributed by atoms with Crippen molar-refractivity contribution >= 4 is 5.97 Å². The summed E-state index contributed by atoms with van der Waals surface area (Å²) in [4.78, 5) is 16.4. The van der Waals surface area contributed by atoms with Crippen molar-refractivity contribution in [3.05, 3.63) is 34.9 Å². The third-order valence-corrected chi connectivity index (χ3v) is 5.25. The van der Waals surface area contributed by atoms with E-state index in [0.29, 0.717) is 13.2 Å². The van der Waals surface area contributed by atoms with Crippen molar-refractivity contribution in [3.8, 4) is 0 Å². The number of rotatable bonds is 5. The molecule has 0 N–H and O–H groups in total. The predicted molar refractivity (Wildman–Crippen MR) is 112 cm³/mol. The van der Waals surface area contributed by atoms with Gasteiger partial charge in [-0.1, -0.05) is 59.7 Å². The van der Waals surface area contributed by atoms with Gasteiger partial charge in [-0.15, -0.1) is 0 Å². The number of piperazine rings is 1. The zero-order valence-corrected chi connectivity index (χ0v) is 18.4. The summed E-state index contributed by atoms with van der Waals surface area (Å²) in [5.74, 6) is -0.112. The highest BCUT2D eigenvalue weighted by Crippen LogP contribution is 2.30. The SMILES string of the molecule is CCOC(=O)CN1CCN(Cc2cc(C(C)(C)C)cc(C(C)(C)C)c2)CC1. The van der Waals surface area contributed by atoms with Gasteiger partial charge in [-0.05, 0) is 34.4 Å². The summed E-state index contributed by atoms with van der Waals surface area (Å²) in [7, 11) is 0. The molecule has 1 aliphatic rings. The number of benzene rings is 1. The maximum absolute atomic E-state index is 11.7. The Hall–Kier alpha value is -1.39. The molecule has 0 spiro atoms. The largest absolute Gasteiger partial charge is 0.465 e. The summed E-state index contributed by atoms with van der Waals surface area (Å²) in [5, 5.41) is 0. The van der Waals surface area contributed by atoms with Gasteiger partial charge >= 0.3 is 5.97 Å². The number of hydrogen-bond acceptors (Lipinski definition) is 4. The molecular weight excluding hydrogens is 336 g/mol. The highest BCUT2D eigenvalue weighted by Gasteiger charge is 2.23. The van der Waals surface area contributed by atoms with Gasteiger partial charge in [0.05, 0.1) is 13.2 Å². The van der Waals surface area contributed by atoms with Gasteiger partial charge in [0.25, 0.3) is 0 Å². The van der Waals surface area contributed by atoms with Crippen LogP contribution in [-0.2, 0) is 26.9 Å². The zero-order chi connectivity index (χ0) is 20.2. The van der Waals surface area contributed by atoms with Crippen molar-refractivity contribution in [2.45, 2.75) is 65.8 Å². The first-order valence-electron chi connectivity index (χ1n) is 10.2. The second kappa shape index (κ2) is 8.74. The summed E-state index contributed by atoms with van der Waals surface area (Å²) < 4.78 is 5.06. The van der Waals surface area contributed by atoms with Gasteiger partial charge in [-0.3, -0.25) is 14.6 Å². The molecule has 0 unspecified atom stereocenters. The minimum Gasteiger partial charge on any atom is -0.465 e. The average molecular weight is 375 g/mol. The number of ether oxygens (including phenoxy) is 1. The van der Waals surface area contributed by atoms with Crippen LogP contribution in [0, 0.1) is 0 Å². The molecule has 4 nitrogen and oxygen atoms in total. The van der Waals surface area contributed by atoms with E-state index in [9.17, 15) is 4.79 Å². The smallest absolute Gasteiger partial charge is 0.320 e. The second-order valence-corrected chi connectivity index (χ2v) is 9.78. The molecule has 1 fully saturated rings. The van der Waals surface area contributed by atoms with Gasteiger partial charge in [0.15, 0.2) is 0 Å². The lowest BCUT2D eigenvalue weighted by molar-refractivity contribution is -0.144. The number of hydrogen-bond donors (Lipinski definition) is 0. The molecule has 4 heteroatoms. The summed E-state index contributed by atoms with van der Waals surface area (Å²) in [6.07, 6.45) is 0. The van der Waals surface area contributed by atoms with Crippen LogP contribution in [0.5, 0.6) is 0 Å². The first-order chi connectivity index (χ1) is 12.5. The van der Waals surface area contributed by atoms with Crippen molar-refractivity contribution in [1.29, 1.82) is 0 Å². The fourth-order valence-corrected chi connectivity index (χ4v) is 3.40. The van der Waals surface area contributed by atoms with E-state index in [1.807, 2.05) is 6.92 Å². The van der Waals surface area contributed by atoms with E-state index in [1.165, 1.54) is 16.7 Å². The van der Waals surface area contributed by atoms with Crippen molar-refractivity contribution in [3.63, 3.8) is 0 Å². The van der Waals surface area contributed by atoms with E-state index in [2.05, 4.69) is 69.5 Å². The second-order valence-electron chi connectivity index (χ2n) is 9.78. The molecule has 0 saturated carbocycles. The van der Waals surface area contributed by atoms with E-state index < -0.39 is 0 Å². The Kier molecular flexibility index (Phi) is 7.09. The molecular formula is C23H38N2O2. The summed E-state index contributed by atoms with van der Waals surface area (Å²) in [6, 6.07) is 7.13. The van der Waals surface area contributed by atoms with Crippen LogP contribution in [0.2, 0.25) is 0 Å². The molecule has 1 aliphatic heterocycles. The van der Waals surface area contributed by atoms with E-state index in [-0.39, 0.29) is 16.8 Å². The Bertz CT molecular complexity index is 601. The molecule has 0 amide bonds. The molecule has 1 aromatic rings. The van der Waals surface area contributed by atoms with Crippen LogP contribution in [0.15, 0.2) is 18.2 Å². The minimum atomic E-state index is -0.112. The Morgan fingerprint density at radius 2 is 1.37 bits per heavy atom. The number of carbonyl (C=O) groups is 1. The topological polar surface area (TPSA) is 32.8 Å². The summed E-state index contributed by atoms with van der Waals surface area (Å²) >= 11 is 0. The molecule has 2 rings (SSSR count). The number of esters is 1. The normalized spacial score (nSPS) is 17.1. The van der Waals surface area contributed by atoms with Crippen molar-refractivity contribution < 1.29 is 9.53 Å². The molecule has 0 atom stereocenters. The van der Waals surface area contributed by atoms with Crippen molar-refractivity contribution in [2.24, 2.45) is 0 Å². The van der Waals surface area contributed by atoms with Crippen LogP contribution in [0.3, 0.4) is 0 Å². The molecule has 152 valence electrons. The highest BCUT2D eigenvalue weighted by molar-refractivity contribution is 5.71. The standard InChI is InChI=1S/C23H38N2O2/c1-8-27-21(26)17-25-11-9-24(10-12-25)16-18-13-19(22(2,3)4)15-20(14-18)23(5,6)7/h13-15H,8-12,16-17H2,1-7H3. The first kappa shape index (κ1) is 21.9. The van der Waals surface area contributed by atoms with Crippen LogP contribution < -0.4 is 0 Å². The fourth-order valence-electron chi connectivity index (χ4n) is 3.40. The van der Waals surface area contributed by atoms with E-state index in [4.69, 9.17) is 4.74 Å². The summed E-state index contributed by atoms with van der Waals surface area (Å²) in [5.41, 5.74) is 4.51. The Morgan fingerprint density at radius 3 is 1.81 bits per heavy atom. The lowest BCUT2D eigenvalue weighted by Gasteiger charge is -2.34.